The van der Waals surface area contributed by atoms with Crippen LogP contribution in [-0.2, 0) is 0 Å². The number of fused-ring (bicyclic) bond motifs is 1. The lowest BCUT2D eigenvalue weighted by atomic mass is 10.0. The molecule has 25 heavy (non-hydrogen) atoms. The highest BCUT2D eigenvalue weighted by atomic mass is 32.2. The van der Waals surface area contributed by atoms with Crippen molar-refractivity contribution in [2.45, 2.75) is 11.8 Å². The fraction of sp³-hybridized carbons (Fsp3) is 0.150. The molecule has 0 bridgehead atoms. The second-order valence-corrected chi connectivity index (χ2v) is 6.94. The lowest BCUT2D eigenvalue weighted by Crippen LogP contribution is -2.13. The molecule has 4 nitrogen and oxygen atoms in total. The summed E-state index contributed by atoms with van der Waals surface area (Å²) in [7, 11) is 1.71. The summed E-state index contributed by atoms with van der Waals surface area (Å²) in [6, 6.07) is 16.5. The monoisotopic (exact) mass is 349 g/mol. The van der Waals surface area contributed by atoms with Crippen molar-refractivity contribution in [3.8, 4) is 5.75 Å². The number of nitrogens with zero attached hydrogens (tertiary/aromatic N) is 1. The van der Waals surface area contributed by atoms with E-state index in [-0.39, 0.29) is 0 Å². The Morgan fingerprint density at radius 2 is 1.88 bits per heavy atom. The third-order valence-corrected chi connectivity index (χ3v) is 5.41. The number of anilines is 1. The van der Waals surface area contributed by atoms with Gasteiger partial charge >= 0.3 is 0 Å². The Balaban J connectivity index is 1.80. The van der Waals surface area contributed by atoms with Gasteiger partial charge in [-0.05, 0) is 31.2 Å². The minimum absolute atomic E-state index is 0.749. The Morgan fingerprint density at radius 1 is 1.08 bits per heavy atom. The average molecular weight is 349 g/mol. The van der Waals surface area contributed by atoms with E-state index in [1.807, 2.05) is 25.1 Å². The van der Waals surface area contributed by atoms with E-state index in [2.05, 4.69) is 52.3 Å². The molecule has 126 valence electrons. The van der Waals surface area contributed by atoms with Crippen molar-refractivity contribution < 1.29 is 4.74 Å². The Labute approximate surface area is 151 Å². The highest BCUT2D eigenvalue weighted by Gasteiger charge is 2.21. The molecule has 0 saturated heterocycles. The molecule has 0 aromatic heterocycles. The number of thioether (sulfide) groups is 1. The molecular formula is C20H19N3OS. The predicted octanol–water partition coefficient (Wildman–Crippen LogP) is 4.49. The van der Waals surface area contributed by atoms with Crippen LogP contribution < -0.4 is 15.5 Å². The molecule has 0 amide bonds. The third-order valence-electron chi connectivity index (χ3n) is 4.29. The van der Waals surface area contributed by atoms with Crippen molar-refractivity contribution in [1.29, 1.82) is 0 Å². The van der Waals surface area contributed by atoms with E-state index in [0.29, 0.717) is 0 Å². The summed E-state index contributed by atoms with van der Waals surface area (Å²) in [5.74, 6) is 0.888. The fourth-order valence-corrected chi connectivity index (χ4v) is 4.09. The normalized spacial score (nSPS) is 18.6. The van der Waals surface area contributed by atoms with Gasteiger partial charge in [0.05, 0.1) is 24.3 Å². The van der Waals surface area contributed by atoms with Crippen LogP contribution in [0.25, 0.3) is 4.91 Å². The first kappa shape index (κ1) is 15.8. The molecule has 0 aliphatic carbocycles. The number of benzene rings is 2. The zero-order valence-corrected chi connectivity index (χ0v) is 15.0. The average Bonchev–Trinajstić information content (AvgIpc) is 3.08. The molecule has 2 N–H and O–H groups in total. The topological polar surface area (TPSA) is 45.6 Å². The highest BCUT2D eigenvalue weighted by molar-refractivity contribution is 8.08. The molecule has 2 aliphatic heterocycles. The van der Waals surface area contributed by atoms with Gasteiger partial charge in [0.2, 0.25) is 0 Å². The molecule has 0 atom stereocenters. The van der Waals surface area contributed by atoms with Crippen molar-refractivity contribution in [2.75, 3.05) is 19.0 Å². The second-order valence-electron chi connectivity index (χ2n) is 5.86. The summed E-state index contributed by atoms with van der Waals surface area (Å²) in [5.41, 5.74) is 8.70. The number of hydrazone groups is 1. The van der Waals surface area contributed by atoms with Crippen molar-refractivity contribution in [1.82, 2.24) is 5.43 Å². The molecule has 2 heterocycles. The molecule has 2 aromatic rings. The number of para-hydroxylation sites is 2. The van der Waals surface area contributed by atoms with Crippen LogP contribution in [0, 0.1) is 0 Å². The molecule has 0 unspecified atom stereocenters. The van der Waals surface area contributed by atoms with Crippen LogP contribution in [0.3, 0.4) is 0 Å². The summed E-state index contributed by atoms with van der Waals surface area (Å²) >= 11 is 1.72. The lowest BCUT2D eigenvalue weighted by Gasteiger charge is -2.23. The number of hydrogen-bond donors (Lipinski definition) is 2. The van der Waals surface area contributed by atoms with Crippen LogP contribution in [0.2, 0.25) is 0 Å². The van der Waals surface area contributed by atoms with Gasteiger partial charge in [-0.25, -0.2) is 0 Å². The molecule has 4 rings (SSSR count). The van der Waals surface area contributed by atoms with Crippen LogP contribution in [0.5, 0.6) is 5.75 Å². The fourth-order valence-electron chi connectivity index (χ4n) is 2.99. The van der Waals surface area contributed by atoms with Gasteiger partial charge < -0.3 is 15.5 Å². The molecule has 0 spiro atoms. The van der Waals surface area contributed by atoms with Crippen molar-refractivity contribution >= 4 is 28.1 Å². The Morgan fingerprint density at radius 3 is 2.68 bits per heavy atom. The Kier molecular flexibility index (Phi) is 4.24. The Hall–Kier alpha value is -2.66. The van der Waals surface area contributed by atoms with Crippen molar-refractivity contribution in [3.05, 3.63) is 71.4 Å². The number of rotatable bonds is 3. The van der Waals surface area contributed by atoms with Gasteiger partial charge in [-0.3, -0.25) is 0 Å². The first-order chi connectivity index (χ1) is 12.3. The van der Waals surface area contributed by atoms with E-state index < -0.39 is 0 Å². The van der Waals surface area contributed by atoms with Gasteiger partial charge in [-0.1, -0.05) is 42.1 Å². The summed E-state index contributed by atoms with van der Waals surface area (Å²) < 4.78 is 5.51. The summed E-state index contributed by atoms with van der Waals surface area (Å²) in [6.45, 7) is 2.78. The molecule has 2 aromatic carbocycles. The van der Waals surface area contributed by atoms with Crippen molar-refractivity contribution in [3.63, 3.8) is 0 Å². The van der Waals surface area contributed by atoms with Crippen LogP contribution in [0.15, 0.2) is 75.9 Å². The second kappa shape index (κ2) is 6.69. The molecular weight excluding hydrogens is 330 g/mol. The van der Waals surface area contributed by atoms with Gasteiger partial charge in [0.25, 0.3) is 0 Å². The molecule has 0 radical (unpaired) electrons. The van der Waals surface area contributed by atoms with Gasteiger partial charge in [-0.2, -0.15) is 5.10 Å². The summed E-state index contributed by atoms with van der Waals surface area (Å²) in [5, 5.41) is 7.85. The van der Waals surface area contributed by atoms with Gasteiger partial charge in [-0.15, -0.1) is 0 Å². The highest BCUT2D eigenvalue weighted by Crippen LogP contribution is 2.44. The number of ether oxygens (including phenoxy) is 1. The molecule has 0 saturated carbocycles. The maximum absolute atomic E-state index is 5.51. The summed E-state index contributed by atoms with van der Waals surface area (Å²) in [6.07, 6.45) is 2.21. The number of hydrogen-bond acceptors (Lipinski definition) is 5. The van der Waals surface area contributed by atoms with Gasteiger partial charge in [0.1, 0.15) is 5.75 Å². The molecule has 0 fully saturated rings. The summed E-state index contributed by atoms with van der Waals surface area (Å²) in [4.78, 5) is 2.30. The van der Waals surface area contributed by atoms with Crippen LogP contribution in [0.4, 0.5) is 5.69 Å². The van der Waals surface area contributed by atoms with Gasteiger partial charge in [0, 0.05) is 27.4 Å². The number of methoxy groups -OCH3 is 1. The largest absolute Gasteiger partial charge is 0.496 e. The number of nitrogens with one attached hydrogen (secondary N) is 2. The van der Waals surface area contributed by atoms with E-state index in [9.17, 15) is 0 Å². The van der Waals surface area contributed by atoms with E-state index >= 15 is 0 Å². The maximum Gasteiger partial charge on any atom is 0.132 e. The lowest BCUT2D eigenvalue weighted by molar-refractivity contribution is 0.405. The smallest absolute Gasteiger partial charge is 0.132 e. The Bertz CT molecular complexity index is 915. The SMILES string of the molecule is COc1ccccc1SC1=C/C(=C2\CNN=C2C)Nc2ccccc21. The van der Waals surface area contributed by atoms with E-state index in [4.69, 9.17) is 4.74 Å². The predicted molar refractivity (Wildman–Crippen MR) is 105 cm³/mol. The van der Waals surface area contributed by atoms with Crippen LogP contribution in [-0.4, -0.2) is 19.4 Å². The van der Waals surface area contributed by atoms with E-state index in [1.165, 1.54) is 16.0 Å². The molecule has 5 heteroatoms. The number of allylic oxidation sites excluding steroid dienone is 1. The van der Waals surface area contributed by atoms with Crippen molar-refractivity contribution in [2.24, 2.45) is 5.10 Å². The maximum atomic E-state index is 5.51. The first-order valence-corrected chi connectivity index (χ1v) is 8.97. The minimum atomic E-state index is 0.749. The standard InChI is InChI=1S/C20H19N3OS/c1-13-15(12-21-23-13)17-11-20(14-7-3-4-8-16(14)22-17)25-19-10-6-5-9-18(19)24-2/h3-11,21-22H,12H2,1-2H3/b17-15-. The van der Waals surface area contributed by atoms with E-state index in [0.717, 1.165) is 34.3 Å². The van der Waals surface area contributed by atoms with Crippen LogP contribution >= 0.6 is 11.8 Å². The van der Waals surface area contributed by atoms with Gasteiger partial charge in [0.15, 0.2) is 0 Å². The zero-order chi connectivity index (χ0) is 17.2. The van der Waals surface area contributed by atoms with E-state index in [1.54, 1.807) is 18.9 Å². The van der Waals surface area contributed by atoms with Crippen LogP contribution in [0.1, 0.15) is 12.5 Å². The quantitative estimate of drug-likeness (QED) is 0.857. The first-order valence-electron chi connectivity index (χ1n) is 8.16. The zero-order valence-electron chi connectivity index (χ0n) is 14.2. The molecule has 2 aliphatic rings. The third kappa shape index (κ3) is 3.03. The minimum Gasteiger partial charge on any atom is -0.496 e.